The SMILES string of the molecule is O=C(NCc1ccco1)C1(C(=O)Nc2cccc3cccnc23)CC1. The van der Waals surface area contributed by atoms with E-state index in [4.69, 9.17) is 4.42 Å². The number of carbonyl (C=O) groups is 2. The molecule has 0 atom stereocenters. The van der Waals surface area contributed by atoms with Crippen LogP contribution in [0.2, 0.25) is 0 Å². The second-order valence-electron chi connectivity index (χ2n) is 6.18. The smallest absolute Gasteiger partial charge is 0.240 e. The van der Waals surface area contributed by atoms with Gasteiger partial charge in [-0.05, 0) is 37.1 Å². The summed E-state index contributed by atoms with van der Waals surface area (Å²) in [5.74, 6) is 0.0972. The number of hydrogen-bond acceptors (Lipinski definition) is 4. The molecule has 1 aliphatic rings. The monoisotopic (exact) mass is 335 g/mol. The molecule has 1 fully saturated rings. The van der Waals surface area contributed by atoms with Crippen LogP contribution in [-0.2, 0) is 16.1 Å². The first-order chi connectivity index (χ1) is 12.2. The summed E-state index contributed by atoms with van der Waals surface area (Å²) in [6, 6.07) is 12.9. The molecule has 3 aromatic rings. The minimum absolute atomic E-state index is 0.269. The van der Waals surface area contributed by atoms with Gasteiger partial charge >= 0.3 is 0 Å². The van der Waals surface area contributed by atoms with E-state index in [2.05, 4.69) is 15.6 Å². The van der Waals surface area contributed by atoms with Crippen molar-refractivity contribution in [1.29, 1.82) is 0 Å². The number of nitrogens with one attached hydrogen (secondary N) is 2. The Kier molecular flexibility index (Phi) is 3.72. The van der Waals surface area contributed by atoms with Crippen molar-refractivity contribution >= 4 is 28.4 Å². The molecule has 0 radical (unpaired) electrons. The number of rotatable bonds is 5. The molecule has 0 spiro atoms. The molecule has 4 rings (SSSR count). The summed E-state index contributed by atoms with van der Waals surface area (Å²) in [6.07, 6.45) is 4.32. The molecular weight excluding hydrogens is 318 g/mol. The Balaban J connectivity index is 1.49. The van der Waals surface area contributed by atoms with Crippen molar-refractivity contribution in [2.45, 2.75) is 19.4 Å². The topological polar surface area (TPSA) is 84.2 Å². The summed E-state index contributed by atoms with van der Waals surface area (Å²) in [4.78, 5) is 29.5. The zero-order chi connectivity index (χ0) is 17.3. The van der Waals surface area contributed by atoms with Crippen LogP contribution in [0, 0.1) is 5.41 Å². The van der Waals surface area contributed by atoms with Gasteiger partial charge in [0.2, 0.25) is 11.8 Å². The van der Waals surface area contributed by atoms with Crippen LogP contribution < -0.4 is 10.6 Å². The van der Waals surface area contributed by atoms with E-state index in [1.165, 1.54) is 0 Å². The molecule has 6 heteroatoms. The van der Waals surface area contributed by atoms with Crippen LogP contribution in [-0.4, -0.2) is 16.8 Å². The molecule has 0 bridgehead atoms. The molecule has 126 valence electrons. The minimum atomic E-state index is -0.996. The van der Waals surface area contributed by atoms with Gasteiger partial charge in [-0.2, -0.15) is 0 Å². The third-order valence-corrected chi connectivity index (χ3v) is 4.50. The van der Waals surface area contributed by atoms with Gasteiger partial charge in [-0.1, -0.05) is 18.2 Å². The highest BCUT2D eigenvalue weighted by Gasteiger charge is 2.56. The first-order valence-electron chi connectivity index (χ1n) is 8.15. The van der Waals surface area contributed by atoms with E-state index >= 15 is 0 Å². The molecule has 2 amide bonds. The number of anilines is 1. The summed E-state index contributed by atoms with van der Waals surface area (Å²) in [5, 5.41) is 6.60. The summed E-state index contributed by atoms with van der Waals surface area (Å²) < 4.78 is 5.20. The maximum absolute atomic E-state index is 12.7. The third-order valence-electron chi connectivity index (χ3n) is 4.50. The summed E-state index contributed by atoms with van der Waals surface area (Å²) in [7, 11) is 0. The van der Waals surface area contributed by atoms with Gasteiger partial charge in [-0.25, -0.2) is 0 Å². The van der Waals surface area contributed by atoms with Crippen LogP contribution in [0.5, 0.6) is 0 Å². The molecule has 2 N–H and O–H groups in total. The molecule has 0 aliphatic heterocycles. The molecule has 2 heterocycles. The molecule has 6 nitrogen and oxygen atoms in total. The fourth-order valence-electron chi connectivity index (χ4n) is 2.88. The Morgan fingerprint density at radius 3 is 2.68 bits per heavy atom. The lowest BCUT2D eigenvalue weighted by molar-refractivity contribution is -0.134. The van der Waals surface area contributed by atoms with Crippen LogP contribution in [0.15, 0.2) is 59.3 Å². The summed E-state index contributed by atoms with van der Waals surface area (Å²) in [5.41, 5.74) is 0.335. The number of hydrogen-bond donors (Lipinski definition) is 2. The fourth-order valence-corrected chi connectivity index (χ4v) is 2.88. The van der Waals surface area contributed by atoms with Gasteiger partial charge < -0.3 is 15.1 Å². The molecule has 1 aromatic carbocycles. The number of para-hydroxylation sites is 1. The molecular formula is C19H17N3O3. The number of benzene rings is 1. The number of pyridine rings is 1. The Hall–Kier alpha value is -3.15. The first kappa shape index (κ1) is 15.4. The second kappa shape index (κ2) is 6.05. The maximum atomic E-state index is 12.7. The van der Waals surface area contributed by atoms with E-state index < -0.39 is 5.41 Å². The molecule has 0 saturated heterocycles. The maximum Gasteiger partial charge on any atom is 0.240 e. The molecule has 2 aromatic heterocycles. The molecule has 1 saturated carbocycles. The third kappa shape index (κ3) is 2.87. The van der Waals surface area contributed by atoms with E-state index in [-0.39, 0.29) is 18.4 Å². The van der Waals surface area contributed by atoms with Crippen LogP contribution in [0.3, 0.4) is 0 Å². The lowest BCUT2D eigenvalue weighted by atomic mass is 10.0. The zero-order valence-electron chi connectivity index (χ0n) is 13.5. The number of carbonyl (C=O) groups excluding carboxylic acids is 2. The Morgan fingerprint density at radius 2 is 1.92 bits per heavy atom. The van der Waals surface area contributed by atoms with Gasteiger partial charge in [0.25, 0.3) is 0 Å². The van der Waals surface area contributed by atoms with Crippen molar-refractivity contribution < 1.29 is 14.0 Å². The van der Waals surface area contributed by atoms with Gasteiger partial charge in [0.15, 0.2) is 0 Å². The van der Waals surface area contributed by atoms with Crippen LogP contribution in [0.4, 0.5) is 5.69 Å². The van der Waals surface area contributed by atoms with Crippen LogP contribution >= 0.6 is 0 Å². The molecule has 0 unspecified atom stereocenters. The fraction of sp³-hybridized carbons (Fsp3) is 0.211. The average molecular weight is 335 g/mol. The van der Waals surface area contributed by atoms with Gasteiger partial charge in [-0.15, -0.1) is 0 Å². The normalized spacial score (nSPS) is 14.9. The van der Waals surface area contributed by atoms with Crippen molar-refractivity contribution in [2.24, 2.45) is 5.41 Å². The Morgan fingerprint density at radius 1 is 1.08 bits per heavy atom. The van der Waals surface area contributed by atoms with Crippen molar-refractivity contribution in [1.82, 2.24) is 10.3 Å². The first-order valence-corrected chi connectivity index (χ1v) is 8.15. The lowest BCUT2D eigenvalue weighted by Crippen LogP contribution is -2.39. The zero-order valence-corrected chi connectivity index (χ0v) is 13.5. The van der Waals surface area contributed by atoms with Crippen molar-refractivity contribution in [2.75, 3.05) is 5.32 Å². The Bertz CT molecular complexity index is 925. The largest absolute Gasteiger partial charge is 0.467 e. The predicted molar refractivity (Wildman–Crippen MR) is 92.6 cm³/mol. The average Bonchev–Trinajstić information content (AvgIpc) is 3.29. The summed E-state index contributed by atoms with van der Waals surface area (Å²) >= 11 is 0. The van der Waals surface area contributed by atoms with E-state index in [1.54, 1.807) is 30.7 Å². The number of fused-ring (bicyclic) bond motifs is 1. The number of furan rings is 1. The molecule has 1 aliphatic carbocycles. The van der Waals surface area contributed by atoms with Gasteiger partial charge in [0.1, 0.15) is 11.2 Å². The van der Waals surface area contributed by atoms with Gasteiger partial charge in [0.05, 0.1) is 24.0 Å². The number of amides is 2. The van der Waals surface area contributed by atoms with Crippen molar-refractivity contribution in [3.05, 3.63) is 60.7 Å². The highest BCUT2D eigenvalue weighted by Crippen LogP contribution is 2.47. The predicted octanol–water partition coefficient (Wildman–Crippen LogP) is 2.86. The highest BCUT2D eigenvalue weighted by molar-refractivity contribution is 6.14. The van der Waals surface area contributed by atoms with Crippen molar-refractivity contribution in [3.63, 3.8) is 0 Å². The Labute approximate surface area is 144 Å². The van der Waals surface area contributed by atoms with Crippen molar-refractivity contribution in [3.8, 4) is 0 Å². The summed E-state index contributed by atoms with van der Waals surface area (Å²) in [6.45, 7) is 0.274. The second-order valence-corrected chi connectivity index (χ2v) is 6.18. The van der Waals surface area contributed by atoms with Crippen LogP contribution in [0.25, 0.3) is 10.9 Å². The standard InChI is InChI=1S/C19H17N3O3/c23-17(21-12-14-6-3-11-25-14)19(8-9-19)18(24)22-15-7-1-4-13-5-2-10-20-16(13)15/h1-7,10-11H,8-9,12H2,(H,21,23)(H,22,24). The van der Waals surface area contributed by atoms with E-state index in [1.807, 2.05) is 24.3 Å². The quantitative estimate of drug-likeness (QED) is 0.702. The molecule has 25 heavy (non-hydrogen) atoms. The minimum Gasteiger partial charge on any atom is -0.467 e. The van der Waals surface area contributed by atoms with Gasteiger partial charge in [-0.3, -0.25) is 14.6 Å². The van der Waals surface area contributed by atoms with E-state index in [0.717, 1.165) is 5.39 Å². The number of aromatic nitrogens is 1. The van der Waals surface area contributed by atoms with Crippen LogP contribution in [0.1, 0.15) is 18.6 Å². The van der Waals surface area contributed by atoms with Gasteiger partial charge in [0, 0.05) is 11.6 Å². The van der Waals surface area contributed by atoms with E-state index in [9.17, 15) is 9.59 Å². The van der Waals surface area contributed by atoms with E-state index in [0.29, 0.717) is 29.8 Å². The number of nitrogens with zero attached hydrogens (tertiary/aromatic N) is 1. The highest BCUT2D eigenvalue weighted by atomic mass is 16.3. The lowest BCUT2D eigenvalue weighted by Gasteiger charge is -2.15.